The average Bonchev–Trinajstić information content (AvgIpc) is 2.79. The highest BCUT2D eigenvalue weighted by atomic mass is 16.5. The molecule has 0 bridgehead atoms. The zero-order valence-electron chi connectivity index (χ0n) is 11.5. The molecule has 2 amide bonds. The molecule has 0 aromatic carbocycles. The number of carbonyl (C=O) groups excluding carboxylic acids is 2. The van der Waals surface area contributed by atoms with Gasteiger partial charge in [0.2, 0.25) is 11.8 Å². The van der Waals surface area contributed by atoms with E-state index >= 15 is 0 Å². The smallest absolute Gasteiger partial charge is 0.235 e. The fraction of sp³-hybridized carbons (Fsp3) is 0.400. The number of rotatable bonds is 6. The van der Waals surface area contributed by atoms with Gasteiger partial charge in [-0.25, -0.2) is 9.88 Å². The summed E-state index contributed by atoms with van der Waals surface area (Å²) >= 11 is 0. The molecule has 1 aromatic heterocycles. The van der Waals surface area contributed by atoms with Crippen molar-refractivity contribution in [1.29, 1.82) is 0 Å². The van der Waals surface area contributed by atoms with Gasteiger partial charge in [-0.2, -0.15) is 0 Å². The fourth-order valence-corrected chi connectivity index (χ4v) is 1.88. The Labute approximate surface area is 118 Å². The largest absolute Gasteiger partial charge is 0.501 e. The summed E-state index contributed by atoms with van der Waals surface area (Å²) in [6, 6.07) is 3.48. The SMILES string of the molecule is CCCCO/C=C/c1ccc(N2C(=O)CCC2=O)nc1. The minimum Gasteiger partial charge on any atom is -0.501 e. The zero-order valence-corrected chi connectivity index (χ0v) is 11.5. The molecule has 1 saturated heterocycles. The third kappa shape index (κ3) is 3.44. The molecule has 1 aliphatic rings. The predicted octanol–water partition coefficient (Wildman–Crippen LogP) is 2.52. The van der Waals surface area contributed by atoms with E-state index in [4.69, 9.17) is 4.74 Å². The van der Waals surface area contributed by atoms with E-state index in [1.165, 1.54) is 0 Å². The summed E-state index contributed by atoms with van der Waals surface area (Å²) in [7, 11) is 0. The lowest BCUT2D eigenvalue weighted by atomic mass is 10.3. The Bertz CT molecular complexity index is 492. The molecule has 2 rings (SSSR count). The third-order valence-electron chi connectivity index (χ3n) is 3.02. The maximum absolute atomic E-state index is 11.6. The van der Waals surface area contributed by atoms with Crippen molar-refractivity contribution in [2.75, 3.05) is 11.5 Å². The summed E-state index contributed by atoms with van der Waals surface area (Å²) in [5, 5.41) is 0. The lowest BCUT2D eigenvalue weighted by Crippen LogP contribution is -2.29. The lowest BCUT2D eigenvalue weighted by molar-refractivity contribution is -0.121. The van der Waals surface area contributed by atoms with Crippen molar-refractivity contribution >= 4 is 23.7 Å². The summed E-state index contributed by atoms with van der Waals surface area (Å²) in [5.74, 6) is 0.0175. The van der Waals surface area contributed by atoms with Crippen molar-refractivity contribution in [3.05, 3.63) is 30.2 Å². The number of anilines is 1. The predicted molar refractivity (Wildman–Crippen MR) is 75.9 cm³/mol. The van der Waals surface area contributed by atoms with Crippen LogP contribution in [0.2, 0.25) is 0 Å². The summed E-state index contributed by atoms with van der Waals surface area (Å²) in [6.07, 6.45) is 7.73. The van der Waals surface area contributed by atoms with Crippen molar-refractivity contribution in [2.24, 2.45) is 0 Å². The molecular formula is C15H18N2O3. The second-order valence-corrected chi connectivity index (χ2v) is 4.60. The molecule has 0 N–H and O–H groups in total. The maximum atomic E-state index is 11.6. The van der Waals surface area contributed by atoms with Crippen LogP contribution in [-0.2, 0) is 14.3 Å². The Kier molecular flexibility index (Phi) is 4.87. The first-order chi connectivity index (χ1) is 9.72. The van der Waals surface area contributed by atoms with Gasteiger partial charge in [0.05, 0.1) is 12.9 Å². The van der Waals surface area contributed by atoms with Crippen LogP contribution >= 0.6 is 0 Å². The van der Waals surface area contributed by atoms with Crippen LogP contribution in [0.5, 0.6) is 0 Å². The van der Waals surface area contributed by atoms with Crippen LogP contribution in [0, 0.1) is 0 Å². The summed E-state index contributed by atoms with van der Waals surface area (Å²) in [4.78, 5) is 28.4. The molecule has 5 nitrogen and oxygen atoms in total. The summed E-state index contributed by atoms with van der Waals surface area (Å²) in [6.45, 7) is 2.81. The number of aromatic nitrogens is 1. The van der Waals surface area contributed by atoms with E-state index in [1.54, 1.807) is 30.7 Å². The molecular weight excluding hydrogens is 256 g/mol. The molecule has 0 saturated carbocycles. The van der Waals surface area contributed by atoms with Crippen LogP contribution in [0.15, 0.2) is 24.6 Å². The van der Waals surface area contributed by atoms with E-state index < -0.39 is 0 Å². The molecule has 0 spiro atoms. The van der Waals surface area contributed by atoms with Gasteiger partial charge in [-0.05, 0) is 30.2 Å². The number of hydrogen-bond acceptors (Lipinski definition) is 4. The van der Waals surface area contributed by atoms with Gasteiger partial charge in [-0.3, -0.25) is 9.59 Å². The number of hydrogen-bond donors (Lipinski definition) is 0. The first kappa shape index (κ1) is 14.2. The first-order valence-corrected chi connectivity index (χ1v) is 6.82. The topological polar surface area (TPSA) is 59.5 Å². The normalized spacial score (nSPS) is 15.3. The van der Waals surface area contributed by atoms with Crippen molar-refractivity contribution in [2.45, 2.75) is 32.6 Å². The molecule has 1 fully saturated rings. The van der Waals surface area contributed by atoms with Crippen LogP contribution in [0.4, 0.5) is 5.82 Å². The molecule has 0 atom stereocenters. The Morgan fingerprint density at radius 1 is 1.30 bits per heavy atom. The highest BCUT2D eigenvalue weighted by Crippen LogP contribution is 2.20. The van der Waals surface area contributed by atoms with Gasteiger partial charge in [0.15, 0.2) is 0 Å². The number of ether oxygens (including phenoxy) is 1. The Balaban J connectivity index is 1.96. The molecule has 1 aromatic rings. The van der Waals surface area contributed by atoms with Gasteiger partial charge < -0.3 is 4.74 Å². The van der Waals surface area contributed by atoms with Crippen molar-refractivity contribution in [1.82, 2.24) is 4.98 Å². The number of carbonyl (C=O) groups is 2. The minimum atomic E-state index is -0.186. The van der Waals surface area contributed by atoms with Crippen molar-refractivity contribution in [3.8, 4) is 0 Å². The standard InChI is InChI=1S/C15H18N2O3/c1-2-3-9-20-10-8-12-4-5-13(16-11-12)17-14(18)6-7-15(17)19/h4-5,8,10-11H,2-3,6-7,9H2,1H3/b10-8+. The minimum absolute atomic E-state index is 0.186. The molecule has 1 aliphatic heterocycles. The molecule has 0 aliphatic carbocycles. The highest BCUT2D eigenvalue weighted by Gasteiger charge is 2.30. The molecule has 5 heteroatoms. The van der Waals surface area contributed by atoms with Crippen LogP contribution in [0.25, 0.3) is 6.08 Å². The second-order valence-electron chi connectivity index (χ2n) is 4.60. The molecule has 0 radical (unpaired) electrons. The summed E-state index contributed by atoms with van der Waals surface area (Å²) in [5.41, 5.74) is 0.865. The van der Waals surface area contributed by atoms with Crippen LogP contribution in [-0.4, -0.2) is 23.4 Å². The average molecular weight is 274 g/mol. The van der Waals surface area contributed by atoms with Gasteiger partial charge >= 0.3 is 0 Å². The molecule has 0 unspecified atom stereocenters. The highest BCUT2D eigenvalue weighted by molar-refractivity contribution is 6.19. The van der Waals surface area contributed by atoms with E-state index in [0.717, 1.165) is 23.3 Å². The van der Waals surface area contributed by atoms with Gasteiger partial charge in [-0.1, -0.05) is 13.3 Å². The van der Waals surface area contributed by atoms with Crippen molar-refractivity contribution < 1.29 is 14.3 Å². The Hall–Kier alpha value is -2.17. The molecule has 106 valence electrons. The van der Waals surface area contributed by atoms with Crippen LogP contribution in [0.3, 0.4) is 0 Å². The van der Waals surface area contributed by atoms with Crippen molar-refractivity contribution in [3.63, 3.8) is 0 Å². The van der Waals surface area contributed by atoms with E-state index in [-0.39, 0.29) is 24.7 Å². The van der Waals surface area contributed by atoms with Gasteiger partial charge in [0.25, 0.3) is 0 Å². The molecule has 20 heavy (non-hydrogen) atoms. The number of amides is 2. The van der Waals surface area contributed by atoms with E-state index in [9.17, 15) is 9.59 Å². The van der Waals surface area contributed by atoms with Crippen LogP contribution < -0.4 is 4.90 Å². The number of unbranched alkanes of at least 4 members (excludes halogenated alkanes) is 1. The Morgan fingerprint density at radius 3 is 2.65 bits per heavy atom. The lowest BCUT2D eigenvalue weighted by Gasteiger charge is -2.12. The number of imide groups is 1. The number of pyridine rings is 1. The van der Waals surface area contributed by atoms with Gasteiger partial charge in [-0.15, -0.1) is 0 Å². The quantitative estimate of drug-likeness (QED) is 0.454. The van der Waals surface area contributed by atoms with Gasteiger partial charge in [0, 0.05) is 19.0 Å². The monoisotopic (exact) mass is 274 g/mol. The van der Waals surface area contributed by atoms with E-state index in [2.05, 4.69) is 11.9 Å². The zero-order chi connectivity index (χ0) is 14.4. The maximum Gasteiger partial charge on any atom is 0.235 e. The van der Waals surface area contributed by atoms with Gasteiger partial charge in [0.1, 0.15) is 5.82 Å². The molecule has 2 heterocycles. The second kappa shape index (κ2) is 6.84. The third-order valence-corrected chi connectivity index (χ3v) is 3.02. The van der Waals surface area contributed by atoms with E-state index in [1.807, 2.05) is 0 Å². The summed E-state index contributed by atoms with van der Waals surface area (Å²) < 4.78 is 5.32. The number of nitrogens with zero attached hydrogens (tertiary/aromatic N) is 2. The Morgan fingerprint density at radius 2 is 2.05 bits per heavy atom. The first-order valence-electron chi connectivity index (χ1n) is 6.82. The van der Waals surface area contributed by atoms with Crippen LogP contribution in [0.1, 0.15) is 38.2 Å². The van der Waals surface area contributed by atoms with E-state index in [0.29, 0.717) is 12.4 Å². The fourth-order valence-electron chi connectivity index (χ4n) is 1.88.